The van der Waals surface area contributed by atoms with Gasteiger partial charge in [0.15, 0.2) is 0 Å². The Kier molecular flexibility index (Phi) is 7.90. The number of nitrogens with zero attached hydrogens (tertiary/aromatic N) is 3. The predicted molar refractivity (Wildman–Crippen MR) is 168 cm³/mol. The zero-order chi connectivity index (χ0) is 29.5. The second-order valence-electron chi connectivity index (χ2n) is 9.36. The molecule has 0 aliphatic heterocycles. The number of hydrogen-bond donors (Lipinski definition) is 3. The summed E-state index contributed by atoms with van der Waals surface area (Å²) in [5.74, 6) is 0. The third-order valence-corrected chi connectivity index (χ3v) is 6.61. The van der Waals surface area contributed by atoms with E-state index in [-0.39, 0.29) is 5.69 Å². The van der Waals surface area contributed by atoms with Crippen LogP contribution >= 0.6 is 0 Å². The lowest BCUT2D eigenvalue weighted by atomic mass is 10.0. The Morgan fingerprint density at radius 1 is 0.714 bits per heavy atom. The summed E-state index contributed by atoms with van der Waals surface area (Å²) >= 11 is 0. The summed E-state index contributed by atoms with van der Waals surface area (Å²) in [6.45, 7) is 0. The summed E-state index contributed by atoms with van der Waals surface area (Å²) in [7, 11) is 0. The number of non-ortho nitro benzene ring substituents is 1. The topological polar surface area (TPSA) is 148 Å². The average molecular weight is 549 g/mol. The van der Waals surface area contributed by atoms with Crippen LogP contribution in [0.25, 0.3) is 45.1 Å². The zero-order valence-corrected chi connectivity index (χ0v) is 22.3. The molecule has 202 valence electrons. The number of fused-ring (bicyclic) bond motifs is 2. The van der Waals surface area contributed by atoms with Gasteiger partial charge in [0.2, 0.25) is 0 Å². The minimum Gasteiger partial charge on any atom is -0.399 e. The first-order valence-electron chi connectivity index (χ1n) is 12.9. The van der Waals surface area contributed by atoms with Crippen LogP contribution in [-0.2, 0) is 0 Å². The number of aromatic amines is 2. The van der Waals surface area contributed by atoms with E-state index in [1.54, 1.807) is 24.4 Å². The van der Waals surface area contributed by atoms with Crippen LogP contribution in [0.2, 0.25) is 0 Å². The van der Waals surface area contributed by atoms with Crippen LogP contribution < -0.4 is 5.73 Å². The Balaban J connectivity index is 0.000000169. The van der Waals surface area contributed by atoms with Crippen LogP contribution in [-0.4, -0.2) is 14.9 Å². The summed E-state index contributed by atoms with van der Waals surface area (Å²) in [5, 5.41) is 31.7. The number of nitriles is 2. The quantitative estimate of drug-likeness (QED) is 0.0865. The molecule has 0 atom stereocenters. The second-order valence-corrected chi connectivity index (χ2v) is 9.36. The molecule has 0 fully saturated rings. The molecule has 6 aromatic rings. The van der Waals surface area contributed by atoms with Gasteiger partial charge in [-0.3, -0.25) is 10.1 Å². The van der Waals surface area contributed by atoms with Gasteiger partial charge >= 0.3 is 0 Å². The third-order valence-electron chi connectivity index (χ3n) is 6.61. The maximum atomic E-state index is 10.8. The van der Waals surface area contributed by atoms with E-state index in [1.807, 2.05) is 85.1 Å². The van der Waals surface area contributed by atoms with E-state index >= 15 is 0 Å². The molecule has 0 saturated heterocycles. The monoisotopic (exact) mass is 548 g/mol. The van der Waals surface area contributed by atoms with Gasteiger partial charge in [-0.15, -0.1) is 0 Å². The largest absolute Gasteiger partial charge is 0.399 e. The number of benzene rings is 4. The van der Waals surface area contributed by atoms with Gasteiger partial charge in [-0.1, -0.05) is 60.7 Å². The van der Waals surface area contributed by atoms with Gasteiger partial charge in [0.25, 0.3) is 5.69 Å². The Morgan fingerprint density at radius 2 is 1.21 bits per heavy atom. The van der Waals surface area contributed by atoms with Gasteiger partial charge in [-0.2, -0.15) is 10.5 Å². The van der Waals surface area contributed by atoms with Gasteiger partial charge in [-0.25, -0.2) is 0 Å². The number of nitro groups is 1. The van der Waals surface area contributed by atoms with Gasteiger partial charge in [0.1, 0.15) is 0 Å². The number of H-pyrrole nitrogens is 2. The van der Waals surface area contributed by atoms with Crippen LogP contribution in [0.15, 0.2) is 109 Å². The minimum atomic E-state index is -0.449. The van der Waals surface area contributed by atoms with E-state index in [9.17, 15) is 20.6 Å². The van der Waals surface area contributed by atoms with Crippen LogP contribution in [0.5, 0.6) is 0 Å². The maximum absolute atomic E-state index is 10.8. The molecule has 6 rings (SSSR count). The smallest absolute Gasteiger partial charge is 0.270 e. The fourth-order valence-electron chi connectivity index (χ4n) is 4.64. The molecule has 0 saturated carbocycles. The lowest BCUT2D eigenvalue weighted by Gasteiger charge is -1.99. The summed E-state index contributed by atoms with van der Waals surface area (Å²) < 4.78 is 0. The van der Waals surface area contributed by atoms with Crippen molar-refractivity contribution in [1.29, 1.82) is 10.5 Å². The molecule has 0 bridgehead atoms. The minimum absolute atomic E-state index is 0.00460. The third kappa shape index (κ3) is 5.94. The van der Waals surface area contributed by atoms with E-state index in [2.05, 4.69) is 22.1 Å². The van der Waals surface area contributed by atoms with Crippen molar-refractivity contribution in [2.24, 2.45) is 0 Å². The Bertz CT molecular complexity index is 2070. The number of anilines is 1. The second kappa shape index (κ2) is 12.2. The highest BCUT2D eigenvalue weighted by atomic mass is 16.6. The highest BCUT2D eigenvalue weighted by Crippen LogP contribution is 2.28. The number of aromatic nitrogens is 2. The number of nitro benzene ring substituents is 1. The summed E-state index contributed by atoms with van der Waals surface area (Å²) in [6.07, 6.45) is 7.15. The highest BCUT2D eigenvalue weighted by molar-refractivity contribution is 6.02. The number of rotatable bonds is 5. The van der Waals surface area contributed by atoms with Crippen molar-refractivity contribution in [2.45, 2.75) is 0 Å². The zero-order valence-electron chi connectivity index (χ0n) is 22.3. The molecule has 0 unspecified atom stereocenters. The molecule has 8 nitrogen and oxygen atoms in total. The van der Waals surface area contributed by atoms with Crippen molar-refractivity contribution >= 4 is 56.5 Å². The molecule has 0 aliphatic carbocycles. The number of nitrogen functional groups attached to an aromatic ring is 1. The van der Waals surface area contributed by atoms with E-state index in [4.69, 9.17) is 5.73 Å². The van der Waals surface area contributed by atoms with Crippen LogP contribution in [0.4, 0.5) is 11.4 Å². The fourth-order valence-corrected chi connectivity index (χ4v) is 4.64. The lowest BCUT2D eigenvalue weighted by molar-refractivity contribution is -0.384. The summed E-state index contributed by atoms with van der Waals surface area (Å²) in [6, 6.07) is 33.8. The molecule has 4 aromatic carbocycles. The normalized spacial score (nSPS) is 11.4. The molecule has 2 heterocycles. The molecule has 0 amide bonds. The lowest BCUT2D eigenvalue weighted by Crippen LogP contribution is -1.88. The fraction of sp³-hybridized carbons (Fsp3) is 0. The summed E-state index contributed by atoms with van der Waals surface area (Å²) in [4.78, 5) is 16.7. The van der Waals surface area contributed by atoms with E-state index in [0.29, 0.717) is 22.4 Å². The van der Waals surface area contributed by atoms with E-state index in [0.717, 1.165) is 38.5 Å². The van der Waals surface area contributed by atoms with Crippen molar-refractivity contribution in [3.8, 4) is 12.1 Å². The first-order valence-corrected chi connectivity index (χ1v) is 12.9. The van der Waals surface area contributed by atoms with Gasteiger partial charge in [0, 0.05) is 63.1 Å². The molecule has 8 heteroatoms. The molecular formula is C34H24N6O2. The number of nitrogens with two attached hydrogens (primary N) is 1. The van der Waals surface area contributed by atoms with Gasteiger partial charge in [-0.05, 0) is 47.5 Å². The number of allylic oxidation sites excluding steroid dienone is 2. The molecule has 0 spiro atoms. The number of hydrogen-bond acceptors (Lipinski definition) is 5. The SMILES string of the molecule is N#C/C(=C\c1cccc(N)c1)c1c[nH]c2ccccc12.N#C/C(=C\c1cccc([N+](=O)[O-])c1)c1c[nH]c2ccccc12. The molecule has 4 N–H and O–H groups in total. The van der Waals surface area contributed by atoms with Crippen molar-refractivity contribution in [3.63, 3.8) is 0 Å². The van der Waals surface area contributed by atoms with Crippen LogP contribution in [0.3, 0.4) is 0 Å². The van der Waals surface area contributed by atoms with Crippen molar-refractivity contribution < 1.29 is 4.92 Å². The average Bonchev–Trinajstić information content (AvgIpc) is 3.64. The first-order chi connectivity index (χ1) is 20.5. The molecule has 0 radical (unpaired) electrons. The first kappa shape index (κ1) is 27.2. The standard InChI is InChI=1S/C17H11N3O2.C17H13N3/c18-10-13(8-12-4-3-5-14(9-12)20(21)22)16-11-19-17-7-2-1-6-15(16)17;18-10-13(8-12-4-3-5-14(19)9-12)16-11-20-17-7-2-1-6-15(16)17/h1-9,11,19H;1-9,11,20H,19H2/b2*13-8+. The van der Waals surface area contributed by atoms with E-state index in [1.165, 1.54) is 12.1 Å². The maximum Gasteiger partial charge on any atom is 0.270 e. The Labute approximate surface area is 241 Å². The number of nitrogens with one attached hydrogen (secondary N) is 2. The molecular weight excluding hydrogens is 524 g/mol. The molecule has 0 aliphatic rings. The predicted octanol–water partition coefficient (Wildman–Crippen LogP) is 7.95. The van der Waals surface area contributed by atoms with Gasteiger partial charge in [0.05, 0.1) is 28.2 Å². The van der Waals surface area contributed by atoms with Crippen LogP contribution in [0, 0.1) is 32.8 Å². The summed E-state index contributed by atoms with van der Waals surface area (Å²) in [5.41, 5.74) is 12.7. The van der Waals surface area contributed by atoms with Crippen molar-refractivity contribution in [2.75, 3.05) is 5.73 Å². The number of para-hydroxylation sites is 2. The Hall–Kier alpha value is -6.38. The van der Waals surface area contributed by atoms with Gasteiger partial charge < -0.3 is 15.7 Å². The van der Waals surface area contributed by atoms with Crippen molar-refractivity contribution in [3.05, 3.63) is 142 Å². The molecule has 2 aromatic heterocycles. The molecule has 42 heavy (non-hydrogen) atoms. The van der Waals surface area contributed by atoms with E-state index < -0.39 is 4.92 Å². The van der Waals surface area contributed by atoms with Crippen LogP contribution in [0.1, 0.15) is 22.3 Å². The Morgan fingerprint density at radius 3 is 1.71 bits per heavy atom. The van der Waals surface area contributed by atoms with Crippen molar-refractivity contribution in [1.82, 2.24) is 9.97 Å². The highest BCUT2D eigenvalue weighted by Gasteiger charge is 2.10.